The van der Waals surface area contributed by atoms with Crippen LogP contribution in [0.2, 0.25) is 0 Å². The van der Waals surface area contributed by atoms with Crippen LogP contribution < -0.4 is 0 Å². The van der Waals surface area contributed by atoms with Crippen LogP contribution >= 0.6 is 0 Å². The lowest BCUT2D eigenvalue weighted by Crippen LogP contribution is -2.04. The zero-order chi connectivity index (χ0) is 20.5. The summed E-state index contributed by atoms with van der Waals surface area (Å²) in [6.45, 7) is 0. The van der Waals surface area contributed by atoms with Crippen molar-refractivity contribution in [3.05, 3.63) is 47.6 Å². The largest absolute Gasteiger partial charge is 0.466 e. The molecule has 0 fully saturated rings. The standard InChI is InChI=1S/C24H36O4/c1-27-23(25)21-17-13-9-5-3-7-11-15-19-22(24(26)28-2)20-16-12-8-4-6-10-14-18-21/h5,8-9,12,18-19H,3-4,6-7,10-11,13-17,20H2,1-2H3/b9-5-,12-8-,21-18+,22-19+. The first kappa shape index (κ1) is 23.9. The van der Waals surface area contributed by atoms with Gasteiger partial charge in [0.1, 0.15) is 0 Å². The Morgan fingerprint density at radius 1 is 0.607 bits per heavy atom. The first-order valence-corrected chi connectivity index (χ1v) is 10.5. The number of hydrogen-bond acceptors (Lipinski definition) is 4. The zero-order valence-electron chi connectivity index (χ0n) is 17.6. The van der Waals surface area contributed by atoms with Crippen molar-refractivity contribution >= 4 is 11.9 Å². The number of hydrogen-bond donors (Lipinski definition) is 0. The summed E-state index contributed by atoms with van der Waals surface area (Å²) in [5, 5.41) is 0. The molecule has 1 aliphatic rings. The lowest BCUT2D eigenvalue weighted by molar-refractivity contribution is -0.137. The molecule has 0 radical (unpaired) electrons. The van der Waals surface area contributed by atoms with Gasteiger partial charge in [-0.15, -0.1) is 0 Å². The molecule has 1 aliphatic carbocycles. The molecule has 0 saturated carbocycles. The molecule has 0 heterocycles. The summed E-state index contributed by atoms with van der Waals surface area (Å²) < 4.78 is 9.81. The molecule has 0 atom stereocenters. The van der Waals surface area contributed by atoms with Crippen LogP contribution in [-0.4, -0.2) is 26.2 Å². The molecule has 156 valence electrons. The van der Waals surface area contributed by atoms with Crippen LogP contribution in [0.25, 0.3) is 0 Å². The molecule has 0 unspecified atom stereocenters. The maximum absolute atomic E-state index is 11.9. The van der Waals surface area contributed by atoms with E-state index >= 15 is 0 Å². The number of rotatable bonds is 2. The summed E-state index contributed by atoms with van der Waals surface area (Å²) in [5.74, 6) is -0.410. The summed E-state index contributed by atoms with van der Waals surface area (Å²) in [6.07, 6.45) is 24.0. The average molecular weight is 389 g/mol. The Morgan fingerprint density at radius 2 is 0.964 bits per heavy atom. The minimum absolute atomic E-state index is 0.205. The molecule has 0 saturated heterocycles. The second kappa shape index (κ2) is 15.9. The second-order valence-electron chi connectivity index (χ2n) is 7.03. The van der Waals surface area contributed by atoms with Crippen molar-refractivity contribution in [2.24, 2.45) is 0 Å². The highest BCUT2D eigenvalue weighted by Gasteiger charge is 2.09. The lowest BCUT2D eigenvalue weighted by atomic mass is 10.0. The molecule has 4 nitrogen and oxygen atoms in total. The molecule has 0 aromatic carbocycles. The van der Waals surface area contributed by atoms with Crippen molar-refractivity contribution < 1.29 is 19.1 Å². The first-order chi connectivity index (χ1) is 13.7. The van der Waals surface area contributed by atoms with Gasteiger partial charge in [-0.25, -0.2) is 9.59 Å². The van der Waals surface area contributed by atoms with Gasteiger partial charge in [0.25, 0.3) is 0 Å². The maximum Gasteiger partial charge on any atom is 0.333 e. The Morgan fingerprint density at radius 3 is 1.36 bits per heavy atom. The monoisotopic (exact) mass is 388 g/mol. The van der Waals surface area contributed by atoms with Gasteiger partial charge >= 0.3 is 11.9 Å². The fourth-order valence-electron chi connectivity index (χ4n) is 3.15. The smallest absolute Gasteiger partial charge is 0.333 e. The van der Waals surface area contributed by atoms with E-state index in [1.54, 1.807) is 0 Å². The van der Waals surface area contributed by atoms with E-state index in [4.69, 9.17) is 9.47 Å². The van der Waals surface area contributed by atoms with Crippen molar-refractivity contribution in [2.45, 2.75) is 77.0 Å². The van der Waals surface area contributed by atoms with Crippen LogP contribution in [0.1, 0.15) is 77.0 Å². The quantitative estimate of drug-likeness (QED) is 0.430. The summed E-state index contributed by atoms with van der Waals surface area (Å²) in [6, 6.07) is 0. The van der Waals surface area contributed by atoms with Crippen molar-refractivity contribution in [2.75, 3.05) is 14.2 Å². The van der Waals surface area contributed by atoms with Crippen molar-refractivity contribution in [1.29, 1.82) is 0 Å². The molecule has 4 heteroatoms. The predicted molar refractivity (Wildman–Crippen MR) is 114 cm³/mol. The van der Waals surface area contributed by atoms with Crippen LogP contribution in [0.15, 0.2) is 47.6 Å². The first-order valence-electron chi connectivity index (χ1n) is 10.5. The third-order valence-electron chi connectivity index (χ3n) is 4.82. The highest BCUT2D eigenvalue weighted by molar-refractivity contribution is 5.88. The minimum atomic E-state index is -0.205. The van der Waals surface area contributed by atoms with Gasteiger partial charge in [0.05, 0.1) is 14.2 Å². The SMILES string of the molecule is COC(=O)/C1=C/CCCC/C=C\CC/C(C(=O)OC)=C\CCCC/C=C\CC1. The molecule has 0 aromatic rings. The van der Waals surface area contributed by atoms with Crippen LogP contribution in [-0.2, 0) is 19.1 Å². The molecular weight excluding hydrogens is 352 g/mol. The van der Waals surface area contributed by atoms with E-state index in [1.165, 1.54) is 14.2 Å². The molecule has 0 aliphatic heterocycles. The van der Waals surface area contributed by atoms with E-state index in [0.717, 1.165) is 88.2 Å². The van der Waals surface area contributed by atoms with Gasteiger partial charge in [0, 0.05) is 11.1 Å². The zero-order valence-corrected chi connectivity index (χ0v) is 17.6. The van der Waals surface area contributed by atoms with Gasteiger partial charge in [-0.05, 0) is 77.0 Å². The third-order valence-corrected chi connectivity index (χ3v) is 4.82. The molecule has 0 amide bonds. The topological polar surface area (TPSA) is 52.6 Å². The minimum Gasteiger partial charge on any atom is -0.466 e. The highest BCUT2D eigenvalue weighted by atomic mass is 16.5. The Hall–Kier alpha value is -2.10. The van der Waals surface area contributed by atoms with Crippen LogP contribution in [0.3, 0.4) is 0 Å². The molecule has 0 N–H and O–H groups in total. The molecule has 1 rings (SSSR count). The normalized spacial score (nSPS) is 24.5. The summed E-state index contributed by atoms with van der Waals surface area (Å²) in [4.78, 5) is 23.8. The van der Waals surface area contributed by atoms with Crippen LogP contribution in [0.4, 0.5) is 0 Å². The van der Waals surface area contributed by atoms with E-state index in [0.29, 0.717) is 0 Å². The second-order valence-corrected chi connectivity index (χ2v) is 7.03. The van der Waals surface area contributed by atoms with E-state index in [-0.39, 0.29) is 11.9 Å². The van der Waals surface area contributed by atoms with Crippen molar-refractivity contribution in [1.82, 2.24) is 0 Å². The molecule has 0 aromatic heterocycles. The average Bonchev–Trinajstić information content (AvgIpc) is 2.71. The van der Waals surface area contributed by atoms with Gasteiger partial charge < -0.3 is 9.47 Å². The van der Waals surface area contributed by atoms with Gasteiger partial charge in [0.2, 0.25) is 0 Å². The van der Waals surface area contributed by atoms with E-state index in [1.807, 2.05) is 12.2 Å². The third kappa shape index (κ3) is 10.9. The lowest BCUT2D eigenvalue weighted by Gasteiger charge is -2.05. The van der Waals surface area contributed by atoms with Crippen molar-refractivity contribution in [3.63, 3.8) is 0 Å². The fourth-order valence-corrected chi connectivity index (χ4v) is 3.15. The Balaban J connectivity index is 2.64. The number of allylic oxidation sites excluding steroid dienone is 6. The maximum atomic E-state index is 11.9. The van der Waals surface area contributed by atoms with Crippen LogP contribution in [0.5, 0.6) is 0 Å². The van der Waals surface area contributed by atoms with E-state index < -0.39 is 0 Å². The van der Waals surface area contributed by atoms with Gasteiger partial charge in [-0.2, -0.15) is 0 Å². The summed E-state index contributed by atoms with van der Waals surface area (Å²) >= 11 is 0. The van der Waals surface area contributed by atoms with Crippen molar-refractivity contribution in [3.8, 4) is 0 Å². The number of esters is 2. The van der Waals surface area contributed by atoms with Gasteiger partial charge in [-0.3, -0.25) is 0 Å². The molecule has 0 bridgehead atoms. The van der Waals surface area contributed by atoms with Crippen LogP contribution in [0, 0.1) is 0 Å². The number of carbonyl (C=O) groups excluding carboxylic acids is 2. The van der Waals surface area contributed by atoms with E-state index in [9.17, 15) is 9.59 Å². The highest BCUT2D eigenvalue weighted by Crippen LogP contribution is 2.15. The number of ether oxygens (including phenoxy) is 2. The predicted octanol–water partition coefficient (Wildman–Crippen LogP) is 5.99. The Labute approximate surface area is 170 Å². The molecular formula is C24H36O4. The van der Waals surface area contributed by atoms with E-state index in [2.05, 4.69) is 24.3 Å². The molecule has 28 heavy (non-hydrogen) atoms. The number of methoxy groups -OCH3 is 2. The van der Waals surface area contributed by atoms with Gasteiger partial charge in [-0.1, -0.05) is 36.5 Å². The summed E-state index contributed by atoms with van der Waals surface area (Å²) in [5.41, 5.74) is 1.58. The summed E-state index contributed by atoms with van der Waals surface area (Å²) in [7, 11) is 2.89. The molecule has 0 spiro atoms. The fraction of sp³-hybridized carbons (Fsp3) is 0.583. The number of carbonyl (C=O) groups is 2. The Kier molecular flexibility index (Phi) is 13.6. The van der Waals surface area contributed by atoms with Gasteiger partial charge in [0.15, 0.2) is 0 Å². The Bertz CT molecular complexity index is 529.